The van der Waals surface area contributed by atoms with Crippen LogP contribution in [0.2, 0.25) is 0 Å². The summed E-state index contributed by atoms with van der Waals surface area (Å²) in [6.07, 6.45) is 3.00. The van der Waals surface area contributed by atoms with E-state index in [4.69, 9.17) is 9.84 Å². The van der Waals surface area contributed by atoms with Gasteiger partial charge in [0, 0.05) is 7.05 Å². The van der Waals surface area contributed by atoms with Gasteiger partial charge in [-0.05, 0) is 28.1 Å². The number of carboxylic acids is 1. The van der Waals surface area contributed by atoms with Gasteiger partial charge >= 0.3 is 5.97 Å². The van der Waals surface area contributed by atoms with E-state index in [1.54, 1.807) is 13.2 Å². The molecule has 2 rings (SSSR count). The molecular weight excluding hydrogens is 307 g/mol. The van der Waals surface area contributed by atoms with Crippen molar-refractivity contribution in [1.82, 2.24) is 9.78 Å². The normalized spacial score (nSPS) is 10.4. The zero-order valence-electron chi connectivity index (χ0n) is 9.22. The molecule has 1 aromatic carbocycles. The summed E-state index contributed by atoms with van der Waals surface area (Å²) < 4.78 is 20.5. The molecule has 5 nitrogen and oxygen atoms in total. The Morgan fingerprint density at radius 3 is 2.83 bits per heavy atom. The standard InChI is InChI=1S/C11H8BrFN2O3/c1-15-5-6(4-14-15)18-8-3-2-7(11(16)17)9(12)10(8)13/h2-5H,1H3,(H,16,17). The van der Waals surface area contributed by atoms with Gasteiger partial charge in [0.2, 0.25) is 0 Å². The van der Waals surface area contributed by atoms with E-state index in [0.717, 1.165) is 0 Å². The number of ether oxygens (including phenoxy) is 1. The van der Waals surface area contributed by atoms with Crippen LogP contribution in [0.1, 0.15) is 10.4 Å². The van der Waals surface area contributed by atoms with Crippen LogP contribution < -0.4 is 4.74 Å². The van der Waals surface area contributed by atoms with Crippen molar-refractivity contribution in [3.05, 3.63) is 40.4 Å². The lowest BCUT2D eigenvalue weighted by Crippen LogP contribution is -2.00. The van der Waals surface area contributed by atoms with Crippen molar-refractivity contribution in [2.24, 2.45) is 7.05 Å². The summed E-state index contributed by atoms with van der Waals surface area (Å²) in [5.74, 6) is -1.68. The Balaban J connectivity index is 2.35. The molecule has 18 heavy (non-hydrogen) atoms. The van der Waals surface area contributed by atoms with Crippen LogP contribution in [0.15, 0.2) is 29.0 Å². The minimum absolute atomic E-state index is 0.0696. The van der Waals surface area contributed by atoms with Crippen LogP contribution in [0, 0.1) is 5.82 Å². The number of benzene rings is 1. The van der Waals surface area contributed by atoms with Gasteiger partial charge in [0.25, 0.3) is 0 Å². The van der Waals surface area contributed by atoms with Crippen LogP contribution in [0.25, 0.3) is 0 Å². The molecule has 0 atom stereocenters. The largest absolute Gasteiger partial charge is 0.478 e. The molecule has 1 heterocycles. The number of aromatic nitrogens is 2. The summed E-state index contributed by atoms with van der Waals surface area (Å²) in [5, 5.41) is 12.7. The first-order chi connectivity index (χ1) is 8.49. The number of aryl methyl sites for hydroxylation is 1. The molecule has 1 aromatic heterocycles. The number of carbonyl (C=O) groups is 1. The molecule has 2 aromatic rings. The zero-order chi connectivity index (χ0) is 13.3. The highest BCUT2D eigenvalue weighted by molar-refractivity contribution is 9.10. The minimum Gasteiger partial charge on any atom is -0.478 e. The quantitative estimate of drug-likeness (QED) is 0.946. The number of rotatable bonds is 3. The number of hydrogen-bond acceptors (Lipinski definition) is 3. The summed E-state index contributed by atoms with van der Waals surface area (Å²) in [6.45, 7) is 0. The minimum atomic E-state index is -1.21. The van der Waals surface area contributed by atoms with Crippen LogP contribution in [0.3, 0.4) is 0 Å². The topological polar surface area (TPSA) is 64.3 Å². The van der Waals surface area contributed by atoms with E-state index < -0.39 is 11.8 Å². The van der Waals surface area contributed by atoms with Gasteiger partial charge in [0.15, 0.2) is 17.3 Å². The fourth-order valence-corrected chi connectivity index (χ4v) is 1.85. The van der Waals surface area contributed by atoms with Crippen molar-refractivity contribution in [3.8, 4) is 11.5 Å². The molecule has 0 aliphatic carbocycles. The third-order valence-electron chi connectivity index (χ3n) is 2.19. The van der Waals surface area contributed by atoms with Gasteiger partial charge in [-0.2, -0.15) is 5.10 Å². The first-order valence-corrected chi connectivity index (χ1v) is 5.66. The van der Waals surface area contributed by atoms with Crippen molar-refractivity contribution >= 4 is 21.9 Å². The lowest BCUT2D eigenvalue weighted by atomic mass is 10.2. The van der Waals surface area contributed by atoms with E-state index in [9.17, 15) is 9.18 Å². The Labute approximate surface area is 110 Å². The van der Waals surface area contributed by atoms with Crippen LogP contribution in [0.4, 0.5) is 4.39 Å². The van der Waals surface area contributed by atoms with Gasteiger partial charge in [0.05, 0.1) is 22.4 Å². The van der Waals surface area contributed by atoms with Gasteiger partial charge in [-0.25, -0.2) is 9.18 Å². The summed E-state index contributed by atoms with van der Waals surface area (Å²) >= 11 is 2.89. The maximum Gasteiger partial charge on any atom is 0.336 e. The summed E-state index contributed by atoms with van der Waals surface area (Å²) in [6, 6.07) is 2.53. The molecule has 0 amide bonds. The second kappa shape index (κ2) is 4.77. The van der Waals surface area contributed by atoms with E-state index in [0.29, 0.717) is 5.75 Å². The first kappa shape index (κ1) is 12.6. The smallest absolute Gasteiger partial charge is 0.336 e. The van der Waals surface area contributed by atoms with Crippen molar-refractivity contribution in [3.63, 3.8) is 0 Å². The average Bonchev–Trinajstić information content (AvgIpc) is 2.70. The highest BCUT2D eigenvalue weighted by Gasteiger charge is 2.17. The summed E-state index contributed by atoms with van der Waals surface area (Å²) in [4.78, 5) is 10.8. The molecule has 0 bridgehead atoms. The molecule has 0 aliphatic rings. The number of carboxylic acid groups (broad SMARTS) is 1. The number of halogens is 2. The second-order valence-electron chi connectivity index (χ2n) is 3.50. The highest BCUT2D eigenvalue weighted by atomic mass is 79.9. The predicted molar refractivity (Wildman–Crippen MR) is 64.3 cm³/mol. The molecule has 0 spiro atoms. The Morgan fingerprint density at radius 1 is 1.56 bits per heavy atom. The molecule has 0 aliphatic heterocycles. The lowest BCUT2D eigenvalue weighted by Gasteiger charge is -2.07. The van der Waals surface area contributed by atoms with E-state index in [1.165, 1.54) is 23.0 Å². The van der Waals surface area contributed by atoms with Crippen LogP contribution >= 0.6 is 15.9 Å². The van der Waals surface area contributed by atoms with Crippen LogP contribution in [0.5, 0.6) is 11.5 Å². The van der Waals surface area contributed by atoms with Gasteiger partial charge in [-0.3, -0.25) is 4.68 Å². The zero-order valence-corrected chi connectivity index (χ0v) is 10.8. The molecule has 0 saturated carbocycles. The Kier molecular flexibility index (Phi) is 3.33. The van der Waals surface area contributed by atoms with Gasteiger partial charge < -0.3 is 9.84 Å². The second-order valence-corrected chi connectivity index (χ2v) is 4.29. The van der Waals surface area contributed by atoms with Crippen molar-refractivity contribution < 1.29 is 19.0 Å². The van der Waals surface area contributed by atoms with Gasteiger partial charge in [-0.1, -0.05) is 0 Å². The first-order valence-electron chi connectivity index (χ1n) is 4.87. The summed E-state index contributed by atoms with van der Waals surface area (Å²) in [7, 11) is 1.70. The Bertz CT molecular complexity index is 612. The fourth-order valence-electron chi connectivity index (χ4n) is 1.35. The average molecular weight is 315 g/mol. The highest BCUT2D eigenvalue weighted by Crippen LogP contribution is 2.31. The summed E-state index contributed by atoms with van der Waals surface area (Å²) in [5.41, 5.74) is -0.161. The molecule has 0 fully saturated rings. The van der Waals surface area contributed by atoms with Gasteiger partial charge in [-0.15, -0.1) is 0 Å². The van der Waals surface area contributed by atoms with Crippen molar-refractivity contribution in [2.45, 2.75) is 0 Å². The Morgan fingerprint density at radius 2 is 2.28 bits per heavy atom. The maximum atomic E-state index is 13.9. The monoisotopic (exact) mass is 314 g/mol. The Hall–Kier alpha value is -1.89. The molecule has 94 valence electrons. The number of hydrogen-bond donors (Lipinski definition) is 1. The van der Waals surface area contributed by atoms with Gasteiger partial charge in [0.1, 0.15) is 0 Å². The maximum absolute atomic E-state index is 13.9. The van der Waals surface area contributed by atoms with Crippen molar-refractivity contribution in [1.29, 1.82) is 0 Å². The van der Waals surface area contributed by atoms with E-state index >= 15 is 0 Å². The van der Waals surface area contributed by atoms with Crippen molar-refractivity contribution in [2.75, 3.05) is 0 Å². The third kappa shape index (κ3) is 2.35. The molecule has 0 radical (unpaired) electrons. The lowest BCUT2D eigenvalue weighted by molar-refractivity contribution is 0.0695. The van der Waals surface area contributed by atoms with Crippen LogP contribution in [-0.4, -0.2) is 20.9 Å². The predicted octanol–water partition coefficient (Wildman–Crippen LogP) is 2.81. The fraction of sp³-hybridized carbons (Fsp3) is 0.0909. The molecule has 7 heteroatoms. The number of aromatic carboxylic acids is 1. The molecule has 1 N–H and O–H groups in total. The molecule has 0 unspecified atom stereocenters. The number of nitrogens with zero attached hydrogens (tertiary/aromatic N) is 2. The van der Waals surface area contributed by atoms with E-state index in [-0.39, 0.29) is 15.8 Å². The van der Waals surface area contributed by atoms with E-state index in [2.05, 4.69) is 21.0 Å². The van der Waals surface area contributed by atoms with E-state index in [1.807, 2.05) is 0 Å². The molecular formula is C11H8BrFN2O3. The molecule has 0 saturated heterocycles. The SMILES string of the molecule is Cn1cc(Oc2ccc(C(=O)O)c(Br)c2F)cn1. The third-order valence-corrected chi connectivity index (χ3v) is 2.96. The van der Waals surface area contributed by atoms with Crippen LogP contribution in [-0.2, 0) is 7.05 Å².